The Morgan fingerprint density at radius 2 is 1.38 bits per heavy atom. The van der Waals surface area contributed by atoms with E-state index in [1.165, 1.54) is 35.6 Å². The molecule has 5 rings (SSSR count). The van der Waals surface area contributed by atoms with E-state index in [0.717, 1.165) is 26.5 Å². The fourth-order valence-electron chi connectivity index (χ4n) is 4.46. The first-order valence-corrected chi connectivity index (χ1v) is 11.9. The number of benzene rings is 3. The maximum absolute atomic E-state index is 11.5. The average molecular weight is 515 g/mol. The molecule has 34 heavy (non-hydrogen) atoms. The van der Waals surface area contributed by atoms with E-state index in [0.29, 0.717) is 12.8 Å². The molecule has 0 unspecified atom stereocenters. The van der Waals surface area contributed by atoms with Gasteiger partial charge in [-0.2, -0.15) is 0 Å². The van der Waals surface area contributed by atoms with Crippen molar-refractivity contribution < 1.29 is 9.85 Å². The summed E-state index contributed by atoms with van der Waals surface area (Å²) >= 11 is 13.6. The number of halogens is 2. The number of nitro groups is 2. The standard InChI is InChI=1S/C23H16Cl2N4O4S/c24-15-7-5-13(11-20(15)28(30)31)18-9-10-19(14-6-8-16(25)21(12-14)29(32)33)27(18)23-26-17-3-1-2-4-22(17)34-23/h1-8,11-12,18-19H,9-10H2/t18-,19-/m1/s1. The fraction of sp³-hybridized carbons (Fsp3) is 0.174. The lowest BCUT2D eigenvalue weighted by Gasteiger charge is -2.30. The maximum Gasteiger partial charge on any atom is 0.288 e. The first-order chi connectivity index (χ1) is 16.3. The minimum absolute atomic E-state index is 0.0724. The van der Waals surface area contributed by atoms with Crippen LogP contribution in [0.2, 0.25) is 10.0 Å². The monoisotopic (exact) mass is 514 g/mol. The molecule has 172 valence electrons. The third-order valence-electron chi connectivity index (χ3n) is 5.99. The minimum Gasteiger partial charge on any atom is -0.334 e. The molecule has 4 aromatic rings. The Kier molecular flexibility index (Phi) is 5.85. The van der Waals surface area contributed by atoms with Gasteiger partial charge in [-0.05, 0) is 48.2 Å². The van der Waals surface area contributed by atoms with Gasteiger partial charge < -0.3 is 4.90 Å². The van der Waals surface area contributed by atoms with Gasteiger partial charge in [-0.25, -0.2) is 4.98 Å². The number of anilines is 1. The second-order valence-electron chi connectivity index (χ2n) is 7.92. The first kappa shape index (κ1) is 22.5. The summed E-state index contributed by atoms with van der Waals surface area (Å²) in [5.41, 5.74) is 2.00. The molecule has 0 aliphatic carbocycles. The zero-order valence-electron chi connectivity index (χ0n) is 17.4. The maximum atomic E-state index is 11.5. The highest BCUT2D eigenvalue weighted by Gasteiger charge is 2.38. The third kappa shape index (κ3) is 3.96. The van der Waals surface area contributed by atoms with Gasteiger partial charge in [-0.1, -0.05) is 58.8 Å². The van der Waals surface area contributed by atoms with Crippen LogP contribution < -0.4 is 4.90 Å². The van der Waals surface area contributed by atoms with Gasteiger partial charge in [0.05, 0.1) is 32.1 Å². The van der Waals surface area contributed by atoms with Crippen LogP contribution >= 0.6 is 34.5 Å². The number of rotatable bonds is 5. The number of hydrogen-bond donors (Lipinski definition) is 0. The predicted molar refractivity (Wildman–Crippen MR) is 133 cm³/mol. The summed E-state index contributed by atoms with van der Waals surface area (Å²) in [6.07, 6.45) is 1.35. The van der Waals surface area contributed by atoms with Gasteiger partial charge in [-0.3, -0.25) is 20.2 Å². The Hall–Kier alpha value is -3.27. The lowest BCUT2D eigenvalue weighted by atomic mass is 10.0. The first-order valence-electron chi connectivity index (χ1n) is 10.3. The molecule has 1 fully saturated rings. The van der Waals surface area contributed by atoms with Crippen molar-refractivity contribution in [3.05, 3.63) is 102 Å². The second-order valence-corrected chi connectivity index (χ2v) is 9.74. The number of thiazole rings is 1. The van der Waals surface area contributed by atoms with Crippen molar-refractivity contribution in [3.8, 4) is 0 Å². The third-order valence-corrected chi connectivity index (χ3v) is 7.68. The minimum atomic E-state index is -0.497. The van der Waals surface area contributed by atoms with Gasteiger partial charge in [0.25, 0.3) is 11.4 Å². The molecule has 0 N–H and O–H groups in total. The Morgan fingerprint density at radius 1 is 0.853 bits per heavy atom. The van der Waals surface area contributed by atoms with E-state index in [-0.39, 0.29) is 33.5 Å². The molecule has 1 aliphatic rings. The molecular weight excluding hydrogens is 499 g/mol. The summed E-state index contributed by atoms with van der Waals surface area (Å²) in [6.45, 7) is 0. The highest BCUT2D eigenvalue weighted by molar-refractivity contribution is 7.22. The second kappa shape index (κ2) is 8.83. The van der Waals surface area contributed by atoms with E-state index in [9.17, 15) is 20.2 Å². The largest absolute Gasteiger partial charge is 0.334 e. The van der Waals surface area contributed by atoms with Crippen molar-refractivity contribution in [2.45, 2.75) is 24.9 Å². The SMILES string of the molecule is O=[N+]([O-])c1cc([C@H]2CC[C@H](c3ccc(Cl)c([N+](=O)[O-])c3)N2c2nc3ccccc3s2)ccc1Cl. The van der Waals surface area contributed by atoms with Gasteiger partial charge in [0.1, 0.15) is 10.0 Å². The van der Waals surface area contributed by atoms with E-state index < -0.39 is 9.85 Å². The molecule has 0 bridgehead atoms. The smallest absolute Gasteiger partial charge is 0.288 e. The van der Waals surface area contributed by atoms with Crippen molar-refractivity contribution >= 4 is 61.3 Å². The molecule has 0 spiro atoms. The van der Waals surface area contributed by atoms with Crippen molar-refractivity contribution in [2.24, 2.45) is 0 Å². The van der Waals surface area contributed by atoms with Gasteiger partial charge >= 0.3 is 0 Å². The van der Waals surface area contributed by atoms with E-state index in [4.69, 9.17) is 28.2 Å². The van der Waals surface area contributed by atoms with Gasteiger partial charge in [0.2, 0.25) is 0 Å². The number of nitrogens with zero attached hydrogens (tertiary/aromatic N) is 4. The topological polar surface area (TPSA) is 102 Å². The lowest BCUT2D eigenvalue weighted by Crippen LogP contribution is -2.26. The van der Waals surface area contributed by atoms with Crippen LogP contribution in [0.5, 0.6) is 0 Å². The summed E-state index contributed by atoms with van der Waals surface area (Å²) in [4.78, 5) is 28.9. The van der Waals surface area contributed by atoms with Crippen LogP contribution in [0.3, 0.4) is 0 Å². The van der Waals surface area contributed by atoms with Crippen molar-refractivity contribution in [1.29, 1.82) is 0 Å². The fourth-order valence-corrected chi connectivity index (χ4v) is 5.90. The molecule has 0 saturated carbocycles. The van der Waals surface area contributed by atoms with Crippen LogP contribution in [-0.2, 0) is 0 Å². The van der Waals surface area contributed by atoms with Gasteiger partial charge in [0, 0.05) is 12.1 Å². The van der Waals surface area contributed by atoms with Crippen LogP contribution in [0.4, 0.5) is 16.5 Å². The zero-order chi connectivity index (χ0) is 24.0. The number of aromatic nitrogens is 1. The van der Waals surface area contributed by atoms with E-state index in [1.54, 1.807) is 12.1 Å². The predicted octanol–water partition coefficient (Wildman–Crippen LogP) is 7.50. The Labute approximate surface area is 207 Å². The van der Waals surface area contributed by atoms with Crippen molar-refractivity contribution in [1.82, 2.24) is 4.98 Å². The zero-order valence-corrected chi connectivity index (χ0v) is 19.8. The van der Waals surface area contributed by atoms with Crippen LogP contribution in [0.15, 0.2) is 60.7 Å². The Morgan fingerprint density at radius 3 is 1.88 bits per heavy atom. The van der Waals surface area contributed by atoms with Crippen molar-refractivity contribution in [2.75, 3.05) is 4.90 Å². The van der Waals surface area contributed by atoms with Crippen LogP contribution in [0, 0.1) is 20.2 Å². The summed E-state index contributed by atoms with van der Waals surface area (Å²) in [6, 6.07) is 16.9. The molecule has 2 heterocycles. The van der Waals surface area contributed by atoms with Crippen molar-refractivity contribution in [3.63, 3.8) is 0 Å². The molecule has 11 heteroatoms. The number of fused-ring (bicyclic) bond motifs is 1. The molecule has 1 saturated heterocycles. The average Bonchev–Trinajstić information content (AvgIpc) is 3.43. The molecule has 8 nitrogen and oxygen atoms in total. The molecule has 3 aromatic carbocycles. The molecule has 0 radical (unpaired) electrons. The number of nitro benzene ring substituents is 2. The van der Waals surface area contributed by atoms with Gasteiger partial charge in [0.15, 0.2) is 5.13 Å². The molecule has 1 aliphatic heterocycles. The Balaban J connectivity index is 1.64. The summed E-state index contributed by atoms with van der Waals surface area (Å²) in [5.74, 6) is 0. The molecule has 1 aromatic heterocycles. The van der Waals surface area contributed by atoms with Gasteiger partial charge in [-0.15, -0.1) is 0 Å². The van der Waals surface area contributed by atoms with Crippen LogP contribution in [-0.4, -0.2) is 14.8 Å². The number of para-hydroxylation sites is 1. The quantitative estimate of drug-likeness (QED) is 0.201. The Bertz CT molecular complexity index is 1340. The summed E-state index contributed by atoms with van der Waals surface area (Å²) in [7, 11) is 0. The lowest BCUT2D eigenvalue weighted by molar-refractivity contribution is -0.384. The van der Waals surface area contributed by atoms with Crippen LogP contribution in [0.25, 0.3) is 10.2 Å². The summed E-state index contributed by atoms with van der Waals surface area (Å²) in [5, 5.41) is 23.9. The highest BCUT2D eigenvalue weighted by Crippen LogP contribution is 2.50. The normalized spacial score (nSPS) is 17.9. The van der Waals surface area contributed by atoms with E-state index >= 15 is 0 Å². The van der Waals surface area contributed by atoms with Crippen LogP contribution in [0.1, 0.15) is 36.1 Å². The summed E-state index contributed by atoms with van der Waals surface area (Å²) < 4.78 is 1.01. The molecule has 0 amide bonds. The van der Waals surface area contributed by atoms with E-state index in [1.807, 2.05) is 24.3 Å². The number of hydrogen-bond acceptors (Lipinski definition) is 7. The molecular formula is C23H16Cl2N4O4S. The highest BCUT2D eigenvalue weighted by atomic mass is 35.5. The molecule has 2 atom stereocenters. The van der Waals surface area contributed by atoms with E-state index in [2.05, 4.69) is 4.90 Å².